The third kappa shape index (κ3) is 4.56. The highest BCUT2D eigenvalue weighted by Gasteiger charge is 2.28. The lowest BCUT2D eigenvalue weighted by Gasteiger charge is -2.24. The maximum atomic E-state index is 13.6. The van der Waals surface area contributed by atoms with Crippen LogP contribution in [0.1, 0.15) is 29.9 Å². The van der Waals surface area contributed by atoms with Crippen LogP contribution in [0.2, 0.25) is 0 Å². The molecule has 1 heterocycles. The molecule has 3 rings (SSSR count). The van der Waals surface area contributed by atoms with Gasteiger partial charge in [0.25, 0.3) is 10.0 Å². The highest BCUT2D eigenvalue weighted by molar-refractivity contribution is 7.93. The fraction of sp³-hybridized carbons (Fsp3) is 0.273. The monoisotopic (exact) mass is 444 g/mol. The van der Waals surface area contributed by atoms with E-state index in [2.05, 4.69) is 5.16 Å². The molecule has 0 spiro atoms. The van der Waals surface area contributed by atoms with E-state index in [1.807, 2.05) is 19.1 Å². The van der Waals surface area contributed by atoms with Gasteiger partial charge in [0.2, 0.25) is 0 Å². The Morgan fingerprint density at radius 1 is 1.13 bits per heavy atom. The number of aromatic nitrogens is 1. The number of anilines is 1. The van der Waals surface area contributed by atoms with E-state index >= 15 is 0 Å². The number of carbonyl (C=O) groups excluding carboxylic acids is 1. The lowest BCUT2D eigenvalue weighted by atomic mass is 10.1. The zero-order chi connectivity index (χ0) is 22.6. The third-order valence-corrected chi connectivity index (χ3v) is 6.51. The normalized spacial score (nSPS) is 11.2. The Labute approximate surface area is 181 Å². The Kier molecular flexibility index (Phi) is 6.65. The van der Waals surface area contributed by atoms with E-state index in [0.717, 1.165) is 5.56 Å². The number of nitrogens with zero attached hydrogens (tertiary/aromatic N) is 2. The van der Waals surface area contributed by atoms with E-state index in [4.69, 9.17) is 14.0 Å². The second-order valence-corrected chi connectivity index (χ2v) is 8.50. The Bertz CT molecular complexity index is 1190. The molecule has 3 aromatic rings. The van der Waals surface area contributed by atoms with Gasteiger partial charge in [-0.25, -0.2) is 13.2 Å². The number of methoxy groups -OCH3 is 1. The lowest BCUT2D eigenvalue weighted by molar-refractivity contribution is 0.0514. The van der Waals surface area contributed by atoms with Crippen LogP contribution in [-0.2, 0) is 14.8 Å². The molecule has 0 saturated heterocycles. The average Bonchev–Trinajstić information content (AvgIpc) is 3.24. The van der Waals surface area contributed by atoms with E-state index in [1.165, 1.54) is 23.5 Å². The van der Waals surface area contributed by atoms with Crippen molar-refractivity contribution in [2.75, 3.05) is 24.6 Å². The van der Waals surface area contributed by atoms with Crippen molar-refractivity contribution in [3.63, 3.8) is 0 Å². The first-order chi connectivity index (χ1) is 14.8. The number of ether oxygens (including phenoxy) is 2. The van der Waals surface area contributed by atoms with Crippen molar-refractivity contribution < 1.29 is 27.2 Å². The Balaban J connectivity index is 2.07. The maximum Gasteiger partial charge on any atom is 0.360 e. The summed E-state index contributed by atoms with van der Waals surface area (Å²) >= 11 is 0. The fourth-order valence-corrected chi connectivity index (χ4v) is 4.79. The molecule has 0 saturated carbocycles. The topological polar surface area (TPSA) is 98.9 Å². The Hall–Kier alpha value is -3.33. The largest absolute Gasteiger partial charge is 0.495 e. The minimum atomic E-state index is -3.96. The van der Waals surface area contributed by atoms with Gasteiger partial charge in [-0.15, -0.1) is 0 Å². The van der Waals surface area contributed by atoms with E-state index in [9.17, 15) is 13.2 Å². The number of hydrogen-bond acceptors (Lipinski definition) is 7. The molecule has 1 aromatic heterocycles. The molecule has 0 aliphatic rings. The average molecular weight is 445 g/mol. The molecule has 0 aliphatic heterocycles. The van der Waals surface area contributed by atoms with Crippen LogP contribution in [0.4, 0.5) is 5.69 Å². The second kappa shape index (κ2) is 9.22. The summed E-state index contributed by atoms with van der Waals surface area (Å²) in [7, 11) is -2.55. The van der Waals surface area contributed by atoms with Gasteiger partial charge in [0.1, 0.15) is 10.6 Å². The summed E-state index contributed by atoms with van der Waals surface area (Å²) in [5.74, 6) is -0.184. The summed E-state index contributed by atoms with van der Waals surface area (Å²) in [6.45, 7) is 5.79. The van der Waals surface area contributed by atoms with E-state index in [0.29, 0.717) is 11.3 Å². The van der Waals surface area contributed by atoms with Crippen LogP contribution >= 0.6 is 0 Å². The molecular formula is C22H24N2O6S. The van der Waals surface area contributed by atoms with Crippen LogP contribution in [0.15, 0.2) is 57.9 Å². The summed E-state index contributed by atoms with van der Waals surface area (Å²) in [6, 6.07) is 13.3. The zero-order valence-corrected chi connectivity index (χ0v) is 18.6. The van der Waals surface area contributed by atoms with Crippen LogP contribution in [0.3, 0.4) is 0 Å². The molecule has 0 fully saturated rings. The Morgan fingerprint density at radius 2 is 1.90 bits per heavy atom. The highest BCUT2D eigenvalue weighted by atomic mass is 32.2. The van der Waals surface area contributed by atoms with Gasteiger partial charge in [-0.05, 0) is 56.7 Å². The van der Waals surface area contributed by atoms with Crippen LogP contribution < -0.4 is 9.04 Å². The maximum absolute atomic E-state index is 13.6. The Morgan fingerprint density at radius 3 is 2.55 bits per heavy atom. The van der Waals surface area contributed by atoms with Crippen molar-refractivity contribution in [1.82, 2.24) is 5.16 Å². The number of sulfonamides is 1. The molecule has 8 nitrogen and oxygen atoms in total. The van der Waals surface area contributed by atoms with Crippen molar-refractivity contribution in [3.05, 3.63) is 59.8 Å². The van der Waals surface area contributed by atoms with Crippen LogP contribution in [0, 0.1) is 6.92 Å². The van der Waals surface area contributed by atoms with Crippen molar-refractivity contribution in [3.8, 4) is 17.1 Å². The summed E-state index contributed by atoms with van der Waals surface area (Å²) in [5, 5.41) is 3.71. The zero-order valence-electron chi connectivity index (χ0n) is 17.8. The van der Waals surface area contributed by atoms with Gasteiger partial charge in [0, 0.05) is 18.2 Å². The number of hydrogen-bond donors (Lipinski definition) is 0. The molecule has 0 amide bonds. The molecule has 0 radical (unpaired) electrons. The highest BCUT2D eigenvalue weighted by Crippen LogP contribution is 2.34. The van der Waals surface area contributed by atoms with E-state index < -0.39 is 16.0 Å². The molecule has 0 aliphatic carbocycles. The first-order valence-corrected chi connectivity index (χ1v) is 11.2. The van der Waals surface area contributed by atoms with Gasteiger partial charge in [-0.1, -0.05) is 17.3 Å². The third-order valence-electron chi connectivity index (χ3n) is 4.59. The van der Waals surface area contributed by atoms with Crippen LogP contribution in [-0.4, -0.2) is 39.8 Å². The lowest BCUT2D eigenvalue weighted by Crippen LogP contribution is -2.31. The number of benzene rings is 2. The molecule has 0 unspecified atom stereocenters. The summed E-state index contributed by atoms with van der Waals surface area (Å²) in [6.07, 6.45) is 0. The minimum absolute atomic E-state index is 0.00650. The number of carbonyl (C=O) groups is 1. The molecule has 0 bridgehead atoms. The molecule has 2 aromatic carbocycles. The van der Waals surface area contributed by atoms with Crippen molar-refractivity contribution in [2.45, 2.75) is 25.7 Å². The first kappa shape index (κ1) is 22.4. The van der Waals surface area contributed by atoms with Crippen LogP contribution in [0.25, 0.3) is 11.3 Å². The van der Waals surface area contributed by atoms with Gasteiger partial charge in [-0.3, -0.25) is 4.31 Å². The van der Waals surface area contributed by atoms with Crippen molar-refractivity contribution >= 4 is 21.7 Å². The van der Waals surface area contributed by atoms with Gasteiger partial charge in [-0.2, -0.15) is 0 Å². The molecule has 0 atom stereocenters. The number of aryl methyl sites for hydroxylation is 1. The van der Waals surface area contributed by atoms with E-state index in [1.54, 1.807) is 38.1 Å². The summed E-state index contributed by atoms with van der Waals surface area (Å²) < 4.78 is 43.9. The summed E-state index contributed by atoms with van der Waals surface area (Å²) in [4.78, 5) is 11.8. The number of rotatable bonds is 8. The fourth-order valence-electron chi connectivity index (χ4n) is 3.14. The van der Waals surface area contributed by atoms with Gasteiger partial charge in [0.05, 0.1) is 19.4 Å². The smallest absolute Gasteiger partial charge is 0.360 e. The molecule has 9 heteroatoms. The molecule has 0 N–H and O–H groups in total. The quantitative estimate of drug-likeness (QED) is 0.483. The van der Waals surface area contributed by atoms with Gasteiger partial charge < -0.3 is 14.0 Å². The predicted molar refractivity (Wildman–Crippen MR) is 116 cm³/mol. The van der Waals surface area contributed by atoms with E-state index in [-0.39, 0.29) is 35.3 Å². The standard InChI is InChI=1S/C22H24N2O6S/c1-5-24(17-9-7-8-15(3)12-17)31(26,27)21-13-16(10-11-19(21)28-4)20-14-18(23-30-20)22(25)29-6-2/h7-14H,5-6H2,1-4H3. The molecule has 31 heavy (non-hydrogen) atoms. The molecule has 164 valence electrons. The van der Waals surface area contributed by atoms with Crippen molar-refractivity contribution in [2.24, 2.45) is 0 Å². The molecular weight excluding hydrogens is 420 g/mol. The van der Waals surface area contributed by atoms with Crippen LogP contribution in [0.5, 0.6) is 5.75 Å². The SMILES string of the molecule is CCOC(=O)c1cc(-c2ccc(OC)c(S(=O)(=O)N(CC)c3cccc(C)c3)c2)on1. The number of esters is 1. The summed E-state index contributed by atoms with van der Waals surface area (Å²) in [5.41, 5.74) is 1.94. The minimum Gasteiger partial charge on any atom is -0.495 e. The van der Waals surface area contributed by atoms with Crippen molar-refractivity contribution in [1.29, 1.82) is 0 Å². The second-order valence-electron chi connectivity index (χ2n) is 6.67. The van der Waals surface area contributed by atoms with Gasteiger partial charge in [0.15, 0.2) is 11.5 Å². The van der Waals surface area contributed by atoms with Gasteiger partial charge >= 0.3 is 5.97 Å². The predicted octanol–water partition coefficient (Wildman–Crippen LogP) is 4.05. The first-order valence-electron chi connectivity index (χ1n) is 9.73.